The summed E-state index contributed by atoms with van der Waals surface area (Å²) in [6.45, 7) is 3.36. The summed E-state index contributed by atoms with van der Waals surface area (Å²) >= 11 is 0. The standard InChI is InChI=1S/C13H22N2O3/c1-9(13(18)14-11-4-2-3-5-11)15-7-10(8-15)6-12(16)17/h9-11H,2-8H2,1H3,(H,14,18)(H,16,17). The number of rotatable bonds is 5. The number of hydrogen-bond acceptors (Lipinski definition) is 3. The van der Waals surface area contributed by atoms with Crippen LogP contribution < -0.4 is 5.32 Å². The quantitative estimate of drug-likeness (QED) is 0.763. The second-order valence-electron chi connectivity index (χ2n) is 5.58. The predicted molar refractivity (Wildman–Crippen MR) is 67.2 cm³/mol. The lowest BCUT2D eigenvalue weighted by Crippen LogP contribution is -2.57. The molecule has 1 saturated carbocycles. The highest BCUT2D eigenvalue weighted by molar-refractivity contribution is 5.81. The number of aliphatic carboxylic acids is 1. The molecule has 2 N–H and O–H groups in total. The van der Waals surface area contributed by atoms with E-state index < -0.39 is 5.97 Å². The number of hydrogen-bond donors (Lipinski definition) is 2. The molecular formula is C13H22N2O3. The minimum absolute atomic E-state index is 0.0932. The Labute approximate surface area is 108 Å². The first-order valence-corrected chi connectivity index (χ1v) is 6.82. The molecule has 0 spiro atoms. The molecule has 1 aliphatic heterocycles. The van der Waals surface area contributed by atoms with Crippen LogP contribution in [-0.4, -0.2) is 47.1 Å². The molecule has 5 nitrogen and oxygen atoms in total. The highest BCUT2D eigenvalue weighted by atomic mass is 16.4. The van der Waals surface area contributed by atoms with Crippen molar-refractivity contribution >= 4 is 11.9 Å². The molecular weight excluding hydrogens is 232 g/mol. The summed E-state index contributed by atoms with van der Waals surface area (Å²) in [5.74, 6) is -0.442. The number of carboxylic acid groups (broad SMARTS) is 1. The Bertz CT molecular complexity index is 320. The van der Waals surface area contributed by atoms with Gasteiger partial charge in [-0.25, -0.2) is 0 Å². The molecule has 102 valence electrons. The maximum atomic E-state index is 12.0. The van der Waals surface area contributed by atoms with Crippen molar-refractivity contribution < 1.29 is 14.7 Å². The summed E-state index contributed by atoms with van der Waals surface area (Å²) in [6.07, 6.45) is 4.83. The van der Waals surface area contributed by atoms with E-state index in [9.17, 15) is 9.59 Å². The van der Waals surface area contributed by atoms with Crippen LogP contribution in [0, 0.1) is 5.92 Å². The van der Waals surface area contributed by atoms with E-state index in [4.69, 9.17) is 5.11 Å². The Hall–Kier alpha value is -1.10. The van der Waals surface area contributed by atoms with Crippen molar-refractivity contribution in [3.8, 4) is 0 Å². The monoisotopic (exact) mass is 254 g/mol. The molecule has 0 aromatic rings. The molecule has 18 heavy (non-hydrogen) atoms. The van der Waals surface area contributed by atoms with Crippen LogP contribution in [0.1, 0.15) is 39.0 Å². The summed E-state index contributed by atoms with van der Waals surface area (Å²) in [4.78, 5) is 24.6. The largest absolute Gasteiger partial charge is 0.481 e. The lowest BCUT2D eigenvalue weighted by atomic mass is 9.94. The van der Waals surface area contributed by atoms with Crippen LogP contribution in [0.2, 0.25) is 0 Å². The molecule has 0 radical (unpaired) electrons. The molecule has 0 aromatic carbocycles. The molecule has 1 aliphatic carbocycles. The van der Waals surface area contributed by atoms with Gasteiger partial charge in [0.15, 0.2) is 0 Å². The van der Waals surface area contributed by atoms with Gasteiger partial charge in [-0.3, -0.25) is 14.5 Å². The predicted octanol–water partition coefficient (Wildman–Crippen LogP) is 0.840. The maximum Gasteiger partial charge on any atom is 0.303 e. The Morgan fingerprint density at radius 3 is 2.50 bits per heavy atom. The third kappa shape index (κ3) is 3.22. The molecule has 1 heterocycles. The zero-order valence-corrected chi connectivity index (χ0v) is 10.9. The van der Waals surface area contributed by atoms with Gasteiger partial charge in [0.05, 0.1) is 12.5 Å². The average molecular weight is 254 g/mol. The van der Waals surface area contributed by atoms with E-state index in [0.29, 0.717) is 6.04 Å². The summed E-state index contributed by atoms with van der Waals surface area (Å²) in [6, 6.07) is 0.228. The maximum absolute atomic E-state index is 12.0. The fourth-order valence-corrected chi connectivity index (χ4v) is 2.86. The molecule has 1 saturated heterocycles. The van der Waals surface area contributed by atoms with E-state index in [0.717, 1.165) is 25.9 Å². The van der Waals surface area contributed by atoms with E-state index in [1.807, 2.05) is 6.92 Å². The molecule has 2 aliphatic rings. The number of nitrogens with one attached hydrogen (secondary N) is 1. The van der Waals surface area contributed by atoms with E-state index >= 15 is 0 Å². The fourth-order valence-electron chi connectivity index (χ4n) is 2.86. The Morgan fingerprint density at radius 2 is 1.94 bits per heavy atom. The van der Waals surface area contributed by atoms with Gasteiger partial charge in [-0.2, -0.15) is 0 Å². The van der Waals surface area contributed by atoms with Crippen LogP contribution in [0.25, 0.3) is 0 Å². The zero-order valence-electron chi connectivity index (χ0n) is 10.9. The van der Waals surface area contributed by atoms with Gasteiger partial charge in [-0.05, 0) is 25.7 Å². The number of nitrogens with zero attached hydrogens (tertiary/aromatic N) is 1. The van der Waals surface area contributed by atoms with Crippen LogP contribution >= 0.6 is 0 Å². The van der Waals surface area contributed by atoms with Crippen molar-refractivity contribution in [1.82, 2.24) is 10.2 Å². The van der Waals surface area contributed by atoms with Crippen LogP contribution in [0.4, 0.5) is 0 Å². The topological polar surface area (TPSA) is 69.6 Å². The van der Waals surface area contributed by atoms with Crippen molar-refractivity contribution in [1.29, 1.82) is 0 Å². The molecule has 1 atom stereocenters. The fraction of sp³-hybridized carbons (Fsp3) is 0.846. The lowest BCUT2D eigenvalue weighted by molar-refractivity contribution is -0.140. The highest BCUT2D eigenvalue weighted by Gasteiger charge is 2.35. The third-order valence-electron chi connectivity index (χ3n) is 4.08. The molecule has 1 unspecified atom stereocenters. The van der Waals surface area contributed by atoms with Crippen molar-refractivity contribution in [2.45, 2.75) is 51.1 Å². The van der Waals surface area contributed by atoms with Crippen molar-refractivity contribution in [3.05, 3.63) is 0 Å². The zero-order chi connectivity index (χ0) is 13.1. The Morgan fingerprint density at radius 1 is 1.33 bits per heavy atom. The lowest BCUT2D eigenvalue weighted by Gasteiger charge is -2.42. The number of carbonyl (C=O) groups excluding carboxylic acids is 1. The number of carbonyl (C=O) groups is 2. The molecule has 0 aromatic heterocycles. The Kier molecular flexibility index (Phi) is 4.22. The first-order valence-electron chi connectivity index (χ1n) is 6.82. The van der Waals surface area contributed by atoms with Gasteiger partial charge in [0.1, 0.15) is 0 Å². The third-order valence-corrected chi connectivity index (χ3v) is 4.08. The van der Waals surface area contributed by atoms with Crippen LogP contribution in [-0.2, 0) is 9.59 Å². The minimum Gasteiger partial charge on any atom is -0.481 e. The first-order chi connectivity index (χ1) is 8.56. The summed E-state index contributed by atoms with van der Waals surface area (Å²) in [5.41, 5.74) is 0. The molecule has 1 amide bonds. The SMILES string of the molecule is CC(C(=O)NC1CCCC1)N1CC(CC(=O)O)C1. The van der Waals surface area contributed by atoms with Crippen molar-refractivity contribution in [2.75, 3.05) is 13.1 Å². The van der Waals surface area contributed by atoms with E-state index in [2.05, 4.69) is 10.2 Å². The molecule has 2 fully saturated rings. The van der Waals surface area contributed by atoms with Gasteiger partial charge < -0.3 is 10.4 Å². The van der Waals surface area contributed by atoms with Gasteiger partial charge in [-0.15, -0.1) is 0 Å². The molecule has 2 rings (SSSR count). The number of carboxylic acids is 1. The first kappa shape index (κ1) is 13.3. The van der Waals surface area contributed by atoms with Crippen LogP contribution in [0.3, 0.4) is 0 Å². The minimum atomic E-state index is -0.747. The molecule has 5 heteroatoms. The van der Waals surface area contributed by atoms with E-state index in [-0.39, 0.29) is 24.3 Å². The Balaban J connectivity index is 1.70. The van der Waals surface area contributed by atoms with Gasteiger partial charge in [0, 0.05) is 19.1 Å². The normalized spacial score (nSPS) is 23.6. The van der Waals surface area contributed by atoms with Crippen molar-refractivity contribution in [3.63, 3.8) is 0 Å². The number of likely N-dealkylation sites (tertiary alicyclic amines) is 1. The van der Waals surface area contributed by atoms with E-state index in [1.54, 1.807) is 0 Å². The second kappa shape index (κ2) is 5.69. The summed E-state index contributed by atoms with van der Waals surface area (Å²) < 4.78 is 0. The molecule has 0 bridgehead atoms. The smallest absolute Gasteiger partial charge is 0.303 e. The number of amides is 1. The van der Waals surface area contributed by atoms with Crippen LogP contribution in [0.15, 0.2) is 0 Å². The van der Waals surface area contributed by atoms with Gasteiger partial charge in [-0.1, -0.05) is 12.8 Å². The average Bonchev–Trinajstić information content (AvgIpc) is 2.74. The summed E-state index contributed by atoms with van der Waals surface area (Å²) in [7, 11) is 0. The van der Waals surface area contributed by atoms with Crippen molar-refractivity contribution in [2.24, 2.45) is 5.92 Å². The second-order valence-corrected chi connectivity index (χ2v) is 5.58. The van der Waals surface area contributed by atoms with Crippen LogP contribution in [0.5, 0.6) is 0 Å². The van der Waals surface area contributed by atoms with E-state index in [1.165, 1.54) is 12.8 Å². The highest BCUT2D eigenvalue weighted by Crippen LogP contribution is 2.22. The summed E-state index contributed by atoms with van der Waals surface area (Å²) in [5, 5.41) is 11.8. The van der Waals surface area contributed by atoms with Gasteiger partial charge in [0.2, 0.25) is 5.91 Å². The van der Waals surface area contributed by atoms with Gasteiger partial charge in [0.25, 0.3) is 0 Å². The van der Waals surface area contributed by atoms with Gasteiger partial charge >= 0.3 is 5.97 Å².